The van der Waals surface area contributed by atoms with Crippen LogP contribution >= 0.6 is 34.7 Å². The second-order valence-electron chi connectivity index (χ2n) is 3.94. The summed E-state index contributed by atoms with van der Waals surface area (Å²) in [6.45, 7) is 0. The molecule has 0 unspecified atom stereocenters. The Morgan fingerprint density at radius 3 is 2.94 bits per heavy atom. The Balaban J connectivity index is 1.87. The van der Waals surface area contributed by atoms with Gasteiger partial charge in [-0.05, 0) is 6.07 Å². The molecule has 0 radical (unpaired) electrons. The zero-order chi connectivity index (χ0) is 12.5. The van der Waals surface area contributed by atoms with Gasteiger partial charge in [-0.25, -0.2) is 4.98 Å². The fraction of sp³-hybridized carbons (Fsp3) is 0.154. The number of halogens is 1. The molecule has 1 aromatic carbocycles. The van der Waals surface area contributed by atoms with Crippen molar-refractivity contribution in [2.75, 3.05) is 0 Å². The quantitative estimate of drug-likeness (QED) is 0.658. The van der Waals surface area contributed by atoms with Crippen molar-refractivity contribution in [1.82, 2.24) is 9.55 Å². The average Bonchev–Trinajstić information content (AvgIpc) is 2.92. The molecule has 2 nitrogen and oxygen atoms in total. The molecule has 0 bridgehead atoms. The summed E-state index contributed by atoms with van der Waals surface area (Å²) in [5.74, 6) is 0.864. The highest BCUT2D eigenvalue weighted by atomic mass is 35.5. The summed E-state index contributed by atoms with van der Waals surface area (Å²) in [6.07, 6.45) is 3.77. The highest BCUT2D eigenvalue weighted by Crippen LogP contribution is 2.38. The molecule has 0 saturated carbocycles. The highest BCUT2D eigenvalue weighted by Gasteiger charge is 2.11. The SMILES string of the molecule is Cn1ccnc1SCc1sc2ccccc2c1Cl. The molecule has 0 atom stereocenters. The summed E-state index contributed by atoms with van der Waals surface area (Å²) >= 11 is 9.88. The fourth-order valence-electron chi connectivity index (χ4n) is 1.78. The molecule has 0 aliphatic rings. The van der Waals surface area contributed by atoms with Gasteiger partial charge in [-0.1, -0.05) is 41.6 Å². The van der Waals surface area contributed by atoms with E-state index in [1.54, 1.807) is 23.1 Å². The van der Waals surface area contributed by atoms with Crippen molar-refractivity contribution in [1.29, 1.82) is 0 Å². The van der Waals surface area contributed by atoms with Crippen LogP contribution in [0.3, 0.4) is 0 Å². The maximum atomic E-state index is 6.41. The molecule has 0 aliphatic carbocycles. The van der Waals surface area contributed by atoms with Crippen molar-refractivity contribution in [2.24, 2.45) is 7.05 Å². The number of benzene rings is 1. The first-order valence-electron chi connectivity index (χ1n) is 5.52. The van der Waals surface area contributed by atoms with Crippen LogP contribution < -0.4 is 0 Å². The average molecular weight is 295 g/mol. The maximum Gasteiger partial charge on any atom is 0.168 e. The molecule has 5 heteroatoms. The monoisotopic (exact) mass is 294 g/mol. The van der Waals surface area contributed by atoms with Crippen LogP contribution in [0.1, 0.15) is 4.88 Å². The molecule has 0 aliphatic heterocycles. The van der Waals surface area contributed by atoms with Gasteiger partial charge in [-0.3, -0.25) is 0 Å². The van der Waals surface area contributed by atoms with Crippen LogP contribution in [0.25, 0.3) is 10.1 Å². The van der Waals surface area contributed by atoms with Gasteiger partial charge >= 0.3 is 0 Å². The Kier molecular flexibility index (Phi) is 3.33. The van der Waals surface area contributed by atoms with E-state index in [-0.39, 0.29) is 0 Å². The Hall–Kier alpha value is -0.970. The van der Waals surface area contributed by atoms with Gasteiger partial charge in [0, 0.05) is 40.2 Å². The lowest BCUT2D eigenvalue weighted by Gasteiger charge is -2.00. The van der Waals surface area contributed by atoms with Crippen molar-refractivity contribution in [3.05, 3.63) is 46.6 Å². The molecule has 0 N–H and O–H groups in total. The lowest BCUT2D eigenvalue weighted by atomic mass is 10.2. The molecule has 92 valence electrons. The van der Waals surface area contributed by atoms with E-state index in [0.717, 1.165) is 21.3 Å². The molecular weight excluding hydrogens is 284 g/mol. The lowest BCUT2D eigenvalue weighted by Crippen LogP contribution is -1.88. The van der Waals surface area contributed by atoms with Gasteiger partial charge in [0.05, 0.1) is 5.02 Å². The zero-order valence-electron chi connectivity index (χ0n) is 9.76. The molecule has 2 aromatic heterocycles. The van der Waals surface area contributed by atoms with Gasteiger partial charge < -0.3 is 4.57 Å². The Morgan fingerprint density at radius 2 is 2.22 bits per heavy atom. The van der Waals surface area contributed by atoms with Gasteiger partial charge in [0.2, 0.25) is 0 Å². The minimum atomic E-state index is 0.864. The zero-order valence-corrected chi connectivity index (χ0v) is 12.1. The molecule has 0 amide bonds. The first-order chi connectivity index (χ1) is 8.75. The second-order valence-corrected chi connectivity index (χ2v) is 6.40. The van der Waals surface area contributed by atoms with E-state index < -0.39 is 0 Å². The first kappa shape index (κ1) is 12.1. The van der Waals surface area contributed by atoms with Crippen LogP contribution in [-0.4, -0.2) is 9.55 Å². The molecule has 0 saturated heterocycles. The number of nitrogens with zero attached hydrogens (tertiary/aromatic N) is 2. The van der Waals surface area contributed by atoms with Crippen molar-refractivity contribution in [3.8, 4) is 0 Å². The van der Waals surface area contributed by atoms with E-state index in [2.05, 4.69) is 17.1 Å². The topological polar surface area (TPSA) is 17.8 Å². The lowest BCUT2D eigenvalue weighted by molar-refractivity contribution is 0.790. The van der Waals surface area contributed by atoms with Crippen LogP contribution in [-0.2, 0) is 12.8 Å². The smallest absolute Gasteiger partial charge is 0.168 e. The van der Waals surface area contributed by atoms with Crippen molar-refractivity contribution in [2.45, 2.75) is 10.9 Å². The summed E-state index contributed by atoms with van der Waals surface area (Å²) in [5, 5.41) is 3.06. The van der Waals surface area contributed by atoms with Crippen molar-refractivity contribution < 1.29 is 0 Å². The van der Waals surface area contributed by atoms with E-state index in [4.69, 9.17) is 11.6 Å². The minimum Gasteiger partial charge on any atom is -0.329 e. The van der Waals surface area contributed by atoms with Gasteiger partial charge in [0.25, 0.3) is 0 Å². The van der Waals surface area contributed by atoms with E-state index in [1.165, 1.54) is 9.58 Å². The number of fused-ring (bicyclic) bond motifs is 1. The minimum absolute atomic E-state index is 0.864. The fourth-order valence-corrected chi connectivity index (χ4v) is 4.37. The summed E-state index contributed by atoms with van der Waals surface area (Å²) < 4.78 is 3.27. The summed E-state index contributed by atoms with van der Waals surface area (Å²) in [6, 6.07) is 8.26. The number of thioether (sulfide) groups is 1. The number of hydrogen-bond donors (Lipinski definition) is 0. The van der Waals surface area contributed by atoms with Crippen LogP contribution in [0.2, 0.25) is 5.02 Å². The van der Waals surface area contributed by atoms with Crippen LogP contribution in [0.4, 0.5) is 0 Å². The maximum absolute atomic E-state index is 6.41. The predicted octanol–water partition coefficient (Wildman–Crippen LogP) is 4.58. The number of aryl methyl sites for hydroxylation is 1. The molecule has 18 heavy (non-hydrogen) atoms. The largest absolute Gasteiger partial charge is 0.329 e. The van der Waals surface area contributed by atoms with Crippen molar-refractivity contribution in [3.63, 3.8) is 0 Å². The standard InChI is InChI=1S/C13H11ClN2S2/c1-16-7-6-15-13(16)17-8-11-12(14)9-4-2-3-5-10(9)18-11/h2-7H,8H2,1H3. The summed E-state index contributed by atoms with van der Waals surface area (Å²) in [4.78, 5) is 5.52. The number of thiophene rings is 1. The molecule has 0 spiro atoms. The third-order valence-electron chi connectivity index (χ3n) is 2.71. The highest BCUT2D eigenvalue weighted by molar-refractivity contribution is 7.98. The van der Waals surface area contributed by atoms with Crippen LogP contribution in [0, 0.1) is 0 Å². The number of imidazole rings is 1. The summed E-state index contributed by atoms with van der Waals surface area (Å²) in [7, 11) is 2.00. The van der Waals surface area contributed by atoms with E-state index in [9.17, 15) is 0 Å². The normalized spacial score (nSPS) is 11.2. The van der Waals surface area contributed by atoms with E-state index in [0.29, 0.717) is 0 Å². The Morgan fingerprint density at radius 1 is 1.39 bits per heavy atom. The Labute approximate surface area is 119 Å². The Bertz CT molecular complexity index is 687. The molecule has 2 heterocycles. The molecule has 3 rings (SSSR count). The van der Waals surface area contributed by atoms with Gasteiger partial charge in [0.1, 0.15) is 0 Å². The molecule has 0 fully saturated rings. The van der Waals surface area contributed by atoms with Gasteiger partial charge in [0.15, 0.2) is 5.16 Å². The first-order valence-corrected chi connectivity index (χ1v) is 7.70. The van der Waals surface area contributed by atoms with Crippen LogP contribution in [0.15, 0.2) is 41.8 Å². The third-order valence-corrected chi connectivity index (χ3v) is 5.69. The predicted molar refractivity (Wildman–Crippen MR) is 79.6 cm³/mol. The number of aromatic nitrogens is 2. The van der Waals surface area contributed by atoms with Gasteiger partial charge in [-0.2, -0.15) is 0 Å². The molecular formula is C13H11ClN2S2. The molecule has 3 aromatic rings. The summed E-state index contributed by atoms with van der Waals surface area (Å²) in [5.41, 5.74) is 0. The second kappa shape index (κ2) is 4.96. The number of rotatable bonds is 3. The van der Waals surface area contributed by atoms with Crippen LogP contribution in [0.5, 0.6) is 0 Å². The van der Waals surface area contributed by atoms with E-state index in [1.807, 2.05) is 36.1 Å². The third kappa shape index (κ3) is 2.16. The van der Waals surface area contributed by atoms with Gasteiger partial charge in [-0.15, -0.1) is 11.3 Å². The van der Waals surface area contributed by atoms with E-state index >= 15 is 0 Å². The van der Waals surface area contributed by atoms with Crippen molar-refractivity contribution >= 4 is 44.8 Å². The number of hydrogen-bond acceptors (Lipinski definition) is 3.